The fourth-order valence-corrected chi connectivity index (χ4v) is 5.53. The summed E-state index contributed by atoms with van der Waals surface area (Å²) in [5.74, 6) is 0.803. The molecule has 1 saturated heterocycles. The van der Waals surface area contributed by atoms with E-state index in [2.05, 4.69) is 28.6 Å². The molecule has 4 heteroatoms. The Balaban J connectivity index is 0.00000144. The number of nitrogens with zero attached hydrogens (tertiary/aromatic N) is 1. The topological polar surface area (TPSA) is 15.3 Å². The first-order valence-corrected chi connectivity index (χ1v) is 9.52. The lowest BCUT2D eigenvalue weighted by atomic mass is 9.84. The summed E-state index contributed by atoms with van der Waals surface area (Å²) in [6.45, 7) is 5.77. The first-order valence-electron chi connectivity index (χ1n) is 8.64. The van der Waals surface area contributed by atoms with E-state index in [9.17, 15) is 0 Å². The molecule has 1 N–H and O–H groups in total. The van der Waals surface area contributed by atoms with Gasteiger partial charge in [0.25, 0.3) is 0 Å². The van der Waals surface area contributed by atoms with Gasteiger partial charge in [-0.05, 0) is 48.2 Å². The number of hydrogen-bond donors (Lipinski definition) is 1. The zero-order chi connectivity index (χ0) is 14.2. The van der Waals surface area contributed by atoms with Crippen LogP contribution < -0.4 is 5.32 Å². The van der Waals surface area contributed by atoms with E-state index in [0.717, 1.165) is 19.0 Å². The van der Waals surface area contributed by atoms with E-state index >= 15 is 0 Å². The number of halogens is 1. The van der Waals surface area contributed by atoms with Crippen LogP contribution in [-0.2, 0) is 0 Å². The lowest BCUT2D eigenvalue weighted by Crippen LogP contribution is -2.47. The van der Waals surface area contributed by atoms with Crippen molar-refractivity contribution in [3.8, 4) is 0 Å². The Morgan fingerprint density at radius 2 is 2.27 bits per heavy atom. The van der Waals surface area contributed by atoms with Crippen LogP contribution in [0.5, 0.6) is 0 Å². The van der Waals surface area contributed by atoms with Gasteiger partial charge in [0.05, 0.1) is 11.7 Å². The first kappa shape index (κ1) is 16.5. The summed E-state index contributed by atoms with van der Waals surface area (Å²) in [6, 6.07) is 0.694. The monoisotopic (exact) mass is 338 g/mol. The Labute approximate surface area is 144 Å². The fraction of sp³-hybridized carbons (Fsp3) is 0.667. The molecule has 3 heterocycles. The van der Waals surface area contributed by atoms with Gasteiger partial charge in [-0.2, -0.15) is 0 Å². The van der Waals surface area contributed by atoms with Crippen LogP contribution in [0, 0.1) is 5.92 Å². The molecule has 2 atom stereocenters. The quantitative estimate of drug-likeness (QED) is 0.818. The predicted octanol–water partition coefficient (Wildman–Crippen LogP) is 4.45. The highest BCUT2D eigenvalue weighted by Crippen LogP contribution is 2.49. The molecular weight excluding hydrogens is 312 g/mol. The van der Waals surface area contributed by atoms with Crippen molar-refractivity contribution >= 4 is 24.2 Å². The van der Waals surface area contributed by atoms with Crippen LogP contribution in [0.25, 0.3) is 0 Å². The second kappa shape index (κ2) is 7.02. The molecule has 1 aliphatic carbocycles. The van der Waals surface area contributed by atoms with Gasteiger partial charge in [0, 0.05) is 24.5 Å². The number of fused-ring (bicyclic) bond motifs is 2. The van der Waals surface area contributed by atoms with Crippen molar-refractivity contribution in [1.82, 2.24) is 10.2 Å². The molecule has 0 bridgehead atoms. The minimum atomic E-state index is 0. The van der Waals surface area contributed by atoms with Crippen molar-refractivity contribution in [1.29, 1.82) is 0 Å². The summed E-state index contributed by atoms with van der Waals surface area (Å²) in [4.78, 5) is 4.40. The second-order valence-corrected chi connectivity index (χ2v) is 7.75. The average molecular weight is 339 g/mol. The van der Waals surface area contributed by atoms with Gasteiger partial charge in [-0.3, -0.25) is 0 Å². The minimum Gasteiger partial charge on any atom is -0.360 e. The number of hydrogen-bond acceptors (Lipinski definition) is 3. The highest BCUT2D eigenvalue weighted by Gasteiger charge is 2.43. The summed E-state index contributed by atoms with van der Waals surface area (Å²) in [5.41, 5.74) is 5.10. The van der Waals surface area contributed by atoms with Crippen molar-refractivity contribution in [3.63, 3.8) is 0 Å². The van der Waals surface area contributed by atoms with E-state index in [0.29, 0.717) is 6.04 Å². The van der Waals surface area contributed by atoms with E-state index in [1.165, 1.54) is 45.1 Å². The van der Waals surface area contributed by atoms with Gasteiger partial charge in [-0.1, -0.05) is 25.8 Å². The third-order valence-electron chi connectivity index (χ3n) is 5.45. The number of nitrogens with one attached hydrogen (secondary N) is 1. The third-order valence-corrected chi connectivity index (χ3v) is 6.46. The number of thioether (sulfide) groups is 1. The Morgan fingerprint density at radius 1 is 1.36 bits per heavy atom. The Bertz CT molecular complexity index is 523. The summed E-state index contributed by atoms with van der Waals surface area (Å²) in [6.07, 6.45) is 10.4. The molecular formula is C18H27ClN2S. The van der Waals surface area contributed by atoms with Crippen LogP contribution in [0.2, 0.25) is 0 Å². The minimum absolute atomic E-state index is 0. The molecule has 2 nitrogen and oxygen atoms in total. The average Bonchev–Trinajstić information content (AvgIpc) is 2.70. The Hall–Kier alpha value is -0.380. The molecule has 1 fully saturated rings. The van der Waals surface area contributed by atoms with Gasteiger partial charge in [0.1, 0.15) is 0 Å². The van der Waals surface area contributed by atoms with Crippen molar-refractivity contribution in [2.24, 2.45) is 5.92 Å². The van der Waals surface area contributed by atoms with Crippen molar-refractivity contribution in [2.75, 3.05) is 19.6 Å². The molecule has 0 aromatic heterocycles. The molecule has 2 unspecified atom stereocenters. The fourth-order valence-electron chi connectivity index (χ4n) is 4.57. The number of rotatable bonds is 3. The lowest BCUT2D eigenvalue weighted by Gasteiger charge is -2.39. The van der Waals surface area contributed by atoms with Gasteiger partial charge in [-0.25, -0.2) is 0 Å². The summed E-state index contributed by atoms with van der Waals surface area (Å²) in [5, 5.41) is 6.04. The normalized spacial score (nSPS) is 30.0. The van der Waals surface area contributed by atoms with E-state index in [-0.39, 0.29) is 12.4 Å². The molecule has 0 aromatic carbocycles. The lowest BCUT2D eigenvalue weighted by molar-refractivity contribution is 0.212. The van der Waals surface area contributed by atoms with E-state index < -0.39 is 0 Å². The molecule has 3 aliphatic heterocycles. The van der Waals surface area contributed by atoms with Crippen LogP contribution in [0.15, 0.2) is 33.2 Å². The summed E-state index contributed by atoms with van der Waals surface area (Å²) < 4.78 is 0. The number of piperidine rings is 1. The molecule has 4 aliphatic rings. The van der Waals surface area contributed by atoms with E-state index in [1.54, 1.807) is 21.7 Å². The standard InChI is InChI=1S/C18H26N2S.ClH/c1-2-3-6-13-11-19-12-15-14-7-4-8-16-18(14)20(17(13)15)9-5-10-21-16;/h5,10,13,17,19H,2-4,6-9,11-12H2,1H3;1H. The molecule has 0 amide bonds. The maximum atomic E-state index is 3.71. The predicted molar refractivity (Wildman–Crippen MR) is 98.3 cm³/mol. The maximum Gasteiger partial charge on any atom is 0.0565 e. The zero-order valence-corrected chi connectivity index (χ0v) is 15.1. The molecule has 0 radical (unpaired) electrons. The van der Waals surface area contributed by atoms with Gasteiger partial charge >= 0.3 is 0 Å². The van der Waals surface area contributed by atoms with Gasteiger partial charge in [-0.15, -0.1) is 24.2 Å². The smallest absolute Gasteiger partial charge is 0.0565 e. The van der Waals surface area contributed by atoms with Gasteiger partial charge in [0.15, 0.2) is 0 Å². The molecule has 0 aromatic rings. The SMILES string of the molecule is CCCCC1CNCC2=C3CCCC4=C3N(CC=CS4)C21.Cl. The van der Waals surface area contributed by atoms with Gasteiger partial charge < -0.3 is 10.2 Å². The third kappa shape index (κ3) is 2.65. The molecule has 0 spiro atoms. The van der Waals surface area contributed by atoms with Crippen LogP contribution >= 0.6 is 24.2 Å². The zero-order valence-electron chi connectivity index (χ0n) is 13.4. The highest BCUT2D eigenvalue weighted by atomic mass is 35.5. The molecule has 0 saturated carbocycles. The maximum absolute atomic E-state index is 3.71. The largest absolute Gasteiger partial charge is 0.360 e. The molecule has 122 valence electrons. The molecule has 22 heavy (non-hydrogen) atoms. The van der Waals surface area contributed by atoms with Crippen molar-refractivity contribution in [3.05, 3.63) is 33.2 Å². The Kier molecular flexibility index (Phi) is 5.26. The van der Waals surface area contributed by atoms with E-state index in [4.69, 9.17) is 0 Å². The number of allylic oxidation sites excluding steroid dienone is 2. The first-order chi connectivity index (χ1) is 10.4. The second-order valence-electron chi connectivity index (χ2n) is 6.75. The molecule has 4 rings (SSSR count). The highest BCUT2D eigenvalue weighted by molar-refractivity contribution is 8.05. The van der Waals surface area contributed by atoms with Crippen LogP contribution in [0.4, 0.5) is 0 Å². The van der Waals surface area contributed by atoms with Crippen molar-refractivity contribution in [2.45, 2.75) is 51.5 Å². The Morgan fingerprint density at radius 3 is 3.14 bits per heavy atom. The number of unbranched alkanes of at least 4 members (excludes halogenated alkanes) is 1. The summed E-state index contributed by atoms with van der Waals surface area (Å²) in [7, 11) is 0. The van der Waals surface area contributed by atoms with Crippen LogP contribution in [0.1, 0.15) is 45.4 Å². The van der Waals surface area contributed by atoms with Crippen LogP contribution in [0.3, 0.4) is 0 Å². The van der Waals surface area contributed by atoms with Gasteiger partial charge in [0.2, 0.25) is 0 Å². The van der Waals surface area contributed by atoms with Crippen LogP contribution in [-0.4, -0.2) is 30.6 Å². The summed E-state index contributed by atoms with van der Waals surface area (Å²) >= 11 is 1.98. The van der Waals surface area contributed by atoms with Crippen molar-refractivity contribution < 1.29 is 0 Å². The van der Waals surface area contributed by atoms with E-state index in [1.807, 2.05) is 11.8 Å².